The van der Waals surface area contributed by atoms with Gasteiger partial charge in [-0.15, -0.1) is 0 Å². The number of halogens is 2. The lowest BCUT2D eigenvalue weighted by atomic mass is 9.82. The van der Waals surface area contributed by atoms with Crippen molar-refractivity contribution in [1.82, 2.24) is 10.5 Å². The second-order valence-corrected chi connectivity index (χ2v) is 9.47. The molecule has 2 amide bonds. The summed E-state index contributed by atoms with van der Waals surface area (Å²) in [6.45, 7) is 2.95. The second-order valence-electron chi connectivity index (χ2n) is 9.47. The average Bonchev–Trinajstić information content (AvgIpc) is 3.30. The number of amides is 2. The van der Waals surface area contributed by atoms with Crippen molar-refractivity contribution in [3.63, 3.8) is 0 Å². The van der Waals surface area contributed by atoms with Gasteiger partial charge in [-0.2, -0.15) is 0 Å². The molecule has 3 aromatic carbocycles. The lowest BCUT2D eigenvalue weighted by Crippen LogP contribution is -2.44. The number of hydrogen-bond donors (Lipinski definition) is 3. The van der Waals surface area contributed by atoms with Crippen LogP contribution in [0.3, 0.4) is 0 Å². The molecule has 1 aromatic heterocycles. The van der Waals surface area contributed by atoms with E-state index in [1.807, 2.05) is 6.07 Å². The Bertz CT molecular complexity index is 1590. The summed E-state index contributed by atoms with van der Waals surface area (Å²) in [4.78, 5) is 24.5. The van der Waals surface area contributed by atoms with Gasteiger partial charge in [0.1, 0.15) is 11.4 Å². The maximum absolute atomic E-state index is 14.4. The van der Waals surface area contributed by atoms with Gasteiger partial charge in [-0.3, -0.25) is 9.59 Å². The first kappa shape index (κ1) is 25.9. The Morgan fingerprint density at radius 1 is 1.13 bits per heavy atom. The summed E-state index contributed by atoms with van der Waals surface area (Å²) in [7, 11) is 1.45. The Hall–Kier alpha value is -4.73. The highest BCUT2D eigenvalue weighted by molar-refractivity contribution is 6.08. The lowest BCUT2D eigenvalue weighted by Gasteiger charge is -2.33. The van der Waals surface area contributed by atoms with E-state index in [-0.39, 0.29) is 17.9 Å². The van der Waals surface area contributed by atoms with E-state index in [0.717, 1.165) is 17.5 Å². The number of nitrogens with two attached hydrogens (primary N) is 1. The minimum absolute atomic E-state index is 0.0483. The van der Waals surface area contributed by atoms with Gasteiger partial charge in [0.05, 0.1) is 24.6 Å². The standard InChI is InChI=1S/C29H26F2N4O4/c1-16(30)27(36)34-19-7-4-17(5-8-19)20-10-11-22-25(26(32)35-39-22)24(20)18-6-9-21(23(14-18)38-2)28(37)33-15-29(31)12-3-13-29/h4-11,14H,1,3,12-13,15H2,2H3,(H2,32,35)(H,33,37)(H,34,36). The number of alkyl halides is 1. The van der Waals surface area contributed by atoms with Crippen molar-refractivity contribution in [2.75, 3.05) is 24.7 Å². The normalized spacial score (nSPS) is 13.9. The summed E-state index contributed by atoms with van der Waals surface area (Å²) < 4.78 is 38.4. The van der Waals surface area contributed by atoms with Crippen molar-refractivity contribution in [2.45, 2.75) is 24.9 Å². The number of hydrogen-bond acceptors (Lipinski definition) is 6. The molecule has 8 nitrogen and oxygen atoms in total. The highest BCUT2D eigenvalue weighted by atomic mass is 19.1. The number of carbonyl (C=O) groups is 2. The van der Waals surface area contributed by atoms with Crippen molar-refractivity contribution in [2.24, 2.45) is 0 Å². The number of aromatic nitrogens is 1. The molecule has 0 bridgehead atoms. The van der Waals surface area contributed by atoms with Gasteiger partial charge in [-0.05, 0) is 72.4 Å². The zero-order chi connectivity index (χ0) is 27.7. The molecule has 1 aliphatic rings. The summed E-state index contributed by atoms with van der Waals surface area (Å²) >= 11 is 0. The summed E-state index contributed by atoms with van der Waals surface area (Å²) in [5.41, 5.74) is 8.84. The van der Waals surface area contributed by atoms with E-state index in [0.29, 0.717) is 46.4 Å². The quantitative estimate of drug-likeness (QED) is 0.247. The van der Waals surface area contributed by atoms with Crippen LogP contribution in [0.25, 0.3) is 33.2 Å². The van der Waals surface area contributed by atoms with Gasteiger partial charge in [-0.25, -0.2) is 8.78 Å². The Balaban J connectivity index is 1.54. The van der Waals surface area contributed by atoms with Gasteiger partial charge in [0.15, 0.2) is 17.2 Å². The van der Waals surface area contributed by atoms with Crippen LogP contribution < -0.4 is 21.1 Å². The first-order valence-electron chi connectivity index (χ1n) is 12.3. The fourth-order valence-corrected chi connectivity index (χ4v) is 4.64. The van der Waals surface area contributed by atoms with Crippen molar-refractivity contribution in [3.8, 4) is 28.0 Å². The minimum Gasteiger partial charge on any atom is -0.496 e. The molecule has 1 heterocycles. The van der Waals surface area contributed by atoms with E-state index >= 15 is 0 Å². The Kier molecular flexibility index (Phi) is 6.78. The average molecular weight is 533 g/mol. The third-order valence-corrected chi connectivity index (χ3v) is 6.92. The molecule has 200 valence electrons. The third-order valence-electron chi connectivity index (χ3n) is 6.92. The highest BCUT2D eigenvalue weighted by Crippen LogP contribution is 2.42. The molecule has 1 fully saturated rings. The molecular weight excluding hydrogens is 506 g/mol. The number of methoxy groups -OCH3 is 1. The first-order valence-corrected chi connectivity index (χ1v) is 12.3. The van der Waals surface area contributed by atoms with Gasteiger partial charge >= 0.3 is 0 Å². The van der Waals surface area contributed by atoms with Crippen LogP contribution in [-0.4, -0.2) is 36.3 Å². The number of nitrogens with one attached hydrogen (secondary N) is 2. The van der Waals surface area contributed by atoms with Crippen LogP contribution in [0.2, 0.25) is 0 Å². The summed E-state index contributed by atoms with van der Waals surface area (Å²) in [5.74, 6) is -1.96. The van der Waals surface area contributed by atoms with Gasteiger partial charge < -0.3 is 25.6 Å². The molecule has 1 saturated carbocycles. The highest BCUT2D eigenvalue weighted by Gasteiger charge is 2.37. The molecule has 39 heavy (non-hydrogen) atoms. The zero-order valence-electron chi connectivity index (χ0n) is 21.1. The smallest absolute Gasteiger partial charge is 0.283 e. The predicted molar refractivity (Wildman–Crippen MR) is 145 cm³/mol. The van der Waals surface area contributed by atoms with Crippen LogP contribution in [0, 0.1) is 0 Å². The van der Waals surface area contributed by atoms with Gasteiger partial charge in [-0.1, -0.05) is 29.9 Å². The van der Waals surface area contributed by atoms with Crippen LogP contribution in [0.5, 0.6) is 5.75 Å². The van der Waals surface area contributed by atoms with Crippen LogP contribution in [-0.2, 0) is 4.79 Å². The maximum Gasteiger partial charge on any atom is 0.283 e. The Morgan fingerprint density at radius 2 is 1.85 bits per heavy atom. The molecule has 0 saturated heterocycles. The minimum atomic E-state index is -1.35. The number of benzene rings is 3. The SMILES string of the molecule is C=C(F)C(=O)Nc1ccc(-c2ccc3onc(N)c3c2-c2ccc(C(=O)NCC3(F)CCC3)c(OC)c2)cc1. The fraction of sp³-hybridized carbons (Fsp3) is 0.207. The number of carbonyl (C=O) groups excluding carboxylic acids is 2. The van der Waals surface area contributed by atoms with Gasteiger partial charge in [0.25, 0.3) is 11.8 Å². The van der Waals surface area contributed by atoms with Crippen molar-refractivity contribution in [1.29, 1.82) is 0 Å². The Labute approximate surface area is 222 Å². The number of fused-ring (bicyclic) bond motifs is 1. The van der Waals surface area contributed by atoms with Crippen molar-refractivity contribution in [3.05, 3.63) is 72.6 Å². The van der Waals surface area contributed by atoms with Crippen LogP contribution >= 0.6 is 0 Å². The topological polar surface area (TPSA) is 119 Å². The third kappa shape index (κ3) is 5.05. The zero-order valence-corrected chi connectivity index (χ0v) is 21.1. The molecule has 4 N–H and O–H groups in total. The van der Waals surface area contributed by atoms with Crippen LogP contribution in [0.4, 0.5) is 20.3 Å². The van der Waals surface area contributed by atoms with E-state index in [9.17, 15) is 18.4 Å². The number of nitrogen functional groups attached to an aromatic ring is 1. The molecule has 0 radical (unpaired) electrons. The van der Waals surface area contributed by atoms with Gasteiger partial charge in [0.2, 0.25) is 0 Å². The van der Waals surface area contributed by atoms with E-state index in [1.54, 1.807) is 48.5 Å². The number of rotatable bonds is 8. The molecule has 5 rings (SSSR count). The van der Waals surface area contributed by atoms with Crippen LogP contribution in [0.1, 0.15) is 29.6 Å². The van der Waals surface area contributed by atoms with Crippen molar-refractivity contribution >= 4 is 34.3 Å². The number of anilines is 2. The van der Waals surface area contributed by atoms with E-state index in [4.69, 9.17) is 15.0 Å². The Morgan fingerprint density at radius 3 is 2.49 bits per heavy atom. The van der Waals surface area contributed by atoms with E-state index in [1.165, 1.54) is 7.11 Å². The number of ether oxygens (including phenoxy) is 1. The second kappa shape index (κ2) is 10.2. The first-order chi connectivity index (χ1) is 18.7. The van der Waals surface area contributed by atoms with E-state index in [2.05, 4.69) is 22.4 Å². The summed E-state index contributed by atoms with van der Waals surface area (Å²) in [5, 5.41) is 9.58. The molecular formula is C29H26F2N4O4. The molecule has 0 spiro atoms. The summed E-state index contributed by atoms with van der Waals surface area (Å²) in [6.07, 6.45) is 1.69. The fourth-order valence-electron chi connectivity index (χ4n) is 4.64. The van der Waals surface area contributed by atoms with Gasteiger partial charge in [0, 0.05) is 11.3 Å². The molecule has 10 heteroatoms. The number of nitrogens with zero attached hydrogens (tertiary/aromatic N) is 1. The van der Waals surface area contributed by atoms with Crippen LogP contribution in [0.15, 0.2) is 71.5 Å². The molecule has 4 aromatic rings. The largest absolute Gasteiger partial charge is 0.496 e. The molecule has 0 aliphatic heterocycles. The predicted octanol–water partition coefficient (Wildman–Crippen LogP) is 5.80. The molecule has 0 unspecified atom stereocenters. The monoisotopic (exact) mass is 532 g/mol. The lowest BCUT2D eigenvalue weighted by molar-refractivity contribution is -0.114. The molecule has 1 aliphatic carbocycles. The summed E-state index contributed by atoms with van der Waals surface area (Å²) in [6, 6.07) is 15.4. The van der Waals surface area contributed by atoms with Crippen molar-refractivity contribution < 1.29 is 27.6 Å². The molecule has 0 atom stereocenters. The van der Waals surface area contributed by atoms with E-state index < -0.39 is 23.3 Å². The maximum atomic E-state index is 14.4.